The predicted molar refractivity (Wildman–Crippen MR) is 111 cm³/mol. The Hall–Kier alpha value is -2.73. The minimum absolute atomic E-state index is 0.0540. The lowest BCUT2D eigenvalue weighted by atomic mass is 9.97. The van der Waals surface area contributed by atoms with Gasteiger partial charge >= 0.3 is 0 Å². The number of nitrogens with two attached hydrogens (primary N) is 3. The Morgan fingerprint density at radius 3 is 2.32 bits per heavy atom. The first-order valence-electron chi connectivity index (χ1n) is 10.4. The van der Waals surface area contributed by atoms with Crippen LogP contribution in [0, 0.1) is 5.92 Å². The van der Waals surface area contributed by atoms with Crippen LogP contribution >= 0.6 is 0 Å². The van der Waals surface area contributed by atoms with Crippen molar-refractivity contribution in [1.29, 1.82) is 0 Å². The molecule has 5 amide bonds. The standard InChI is InChI=1S/C19H34N6O6/c1-3-10(2)15(18(30)23-12(16(22)28)6-7-14(21)27)24-17(29)13-5-4-8-25(13)19(31)11(20)9-26/h10-13,15,26H,3-9,20H2,1-2H3,(H2,21,27)(H2,22,28)(H,23,30)(H,24,29)/t10-,11-,12-,13-,15-/m0/s1. The second-order valence-corrected chi connectivity index (χ2v) is 7.82. The molecule has 0 saturated carbocycles. The number of hydrogen-bond acceptors (Lipinski definition) is 7. The zero-order valence-electron chi connectivity index (χ0n) is 18.0. The maximum Gasteiger partial charge on any atom is 0.243 e. The summed E-state index contributed by atoms with van der Waals surface area (Å²) >= 11 is 0. The summed E-state index contributed by atoms with van der Waals surface area (Å²) in [6, 6.07) is -4.04. The van der Waals surface area contributed by atoms with Crippen molar-refractivity contribution in [3.8, 4) is 0 Å². The quantitative estimate of drug-likeness (QED) is 0.185. The maximum atomic E-state index is 12.9. The number of aliphatic hydroxyl groups is 1. The average Bonchev–Trinajstić information content (AvgIpc) is 3.22. The summed E-state index contributed by atoms with van der Waals surface area (Å²) in [4.78, 5) is 62.0. The minimum Gasteiger partial charge on any atom is -0.394 e. The molecule has 0 aliphatic carbocycles. The Kier molecular flexibility index (Phi) is 10.4. The van der Waals surface area contributed by atoms with Crippen LogP contribution < -0.4 is 27.8 Å². The summed E-state index contributed by atoms with van der Waals surface area (Å²) in [6.45, 7) is 3.37. The van der Waals surface area contributed by atoms with E-state index < -0.39 is 60.3 Å². The highest BCUT2D eigenvalue weighted by Gasteiger charge is 2.38. The van der Waals surface area contributed by atoms with E-state index in [9.17, 15) is 24.0 Å². The molecule has 12 nitrogen and oxygen atoms in total. The van der Waals surface area contributed by atoms with E-state index in [0.29, 0.717) is 25.8 Å². The summed E-state index contributed by atoms with van der Waals surface area (Å²) in [7, 11) is 0. The molecule has 1 fully saturated rings. The molecule has 0 bridgehead atoms. The van der Waals surface area contributed by atoms with Crippen LogP contribution in [0.4, 0.5) is 0 Å². The predicted octanol–water partition coefficient (Wildman–Crippen LogP) is -2.94. The van der Waals surface area contributed by atoms with Crippen LogP contribution in [0.1, 0.15) is 46.0 Å². The molecule has 0 aromatic carbocycles. The van der Waals surface area contributed by atoms with Crippen LogP contribution in [0.2, 0.25) is 0 Å². The number of nitrogens with zero attached hydrogens (tertiary/aromatic N) is 1. The molecule has 5 atom stereocenters. The van der Waals surface area contributed by atoms with Crippen LogP contribution in [0.3, 0.4) is 0 Å². The van der Waals surface area contributed by atoms with Crippen molar-refractivity contribution in [3.63, 3.8) is 0 Å². The number of nitrogens with one attached hydrogen (secondary N) is 2. The van der Waals surface area contributed by atoms with Crippen molar-refractivity contribution in [2.24, 2.45) is 23.1 Å². The van der Waals surface area contributed by atoms with E-state index in [4.69, 9.17) is 22.3 Å². The SMILES string of the molecule is CC[C@H](C)[C@H](NC(=O)[C@@H]1CCCN1C(=O)[C@@H](N)CO)C(=O)N[C@@H](CCC(N)=O)C(N)=O. The largest absolute Gasteiger partial charge is 0.394 e. The van der Waals surface area contributed by atoms with E-state index in [1.165, 1.54) is 4.90 Å². The molecule has 1 rings (SSSR count). The maximum absolute atomic E-state index is 12.9. The monoisotopic (exact) mass is 442 g/mol. The second kappa shape index (κ2) is 12.2. The van der Waals surface area contributed by atoms with Crippen LogP contribution in [-0.4, -0.2) is 76.9 Å². The Bertz CT molecular complexity index is 687. The number of hydrogen-bond donors (Lipinski definition) is 6. The summed E-state index contributed by atoms with van der Waals surface area (Å²) in [5.41, 5.74) is 16.0. The van der Waals surface area contributed by atoms with Crippen molar-refractivity contribution in [1.82, 2.24) is 15.5 Å². The van der Waals surface area contributed by atoms with Crippen LogP contribution in [0.25, 0.3) is 0 Å². The van der Waals surface area contributed by atoms with Gasteiger partial charge in [0.25, 0.3) is 0 Å². The molecule has 176 valence electrons. The first-order chi connectivity index (χ1) is 14.5. The van der Waals surface area contributed by atoms with Gasteiger partial charge in [0.2, 0.25) is 29.5 Å². The van der Waals surface area contributed by atoms with Gasteiger partial charge in [-0.3, -0.25) is 24.0 Å². The molecule has 9 N–H and O–H groups in total. The summed E-state index contributed by atoms with van der Waals surface area (Å²) in [5.74, 6) is -3.44. The lowest BCUT2D eigenvalue weighted by Gasteiger charge is -2.30. The van der Waals surface area contributed by atoms with E-state index >= 15 is 0 Å². The van der Waals surface area contributed by atoms with Gasteiger partial charge in [-0.05, 0) is 25.2 Å². The van der Waals surface area contributed by atoms with E-state index in [2.05, 4.69) is 10.6 Å². The Morgan fingerprint density at radius 2 is 1.81 bits per heavy atom. The first kappa shape index (κ1) is 26.3. The molecule has 1 saturated heterocycles. The third-order valence-corrected chi connectivity index (χ3v) is 5.48. The fourth-order valence-electron chi connectivity index (χ4n) is 3.38. The highest BCUT2D eigenvalue weighted by Crippen LogP contribution is 2.19. The van der Waals surface area contributed by atoms with Crippen LogP contribution in [-0.2, 0) is 24.0 Å². The Labute approximate surface area is 181 Å². The third-order valence-electron chi connectivity index (χ3n) is 5.48. The molecule has 0 aromatic heterocycles. The van der Waals surface area contributed by atoms with Gasteiger partial charge in [0, 0.05) is 13.0 Å². The smallest absolute Gasteiger partial charge is 0.243 e. The number of carbonyl (C=O) groups is 5. The summed E-state index contributed by atoms with van der Waals surface area (Å²) < 4.78 is 0. The molecule has 0 spiro atoms. The molecular formula is C19H34N6O6. The molecule has 31 heavy (non-hydrogen) atoms. The zero-order chi connectivity index (χ0) is 23.7. The van der Waals surface area contributed by atoms with Gasteiger partial charge in [0.05, 0.1) is 6.61 Å². The highest BCUT2D eigenvalue weighted by molar-refractivity contribution is 5.95. The van der Waals surface area contributed by atoms with Crippen molar-refractivity contribution < 1.29 is 29.1 Å². The third kappa shape index (κ3) is 7.47. The lowest BCUT2D eigenvalue weighted by Crippen LogP contribution is -2.58. The lowest BCUT2D eigenvalue weighted by molar-refractivity contribution is -0.141. The van der Waals surface area contributed by atoms with Gasteiger partial charge in [-0.1, -0.05) is 20.3 Å². The van der Waals surface area contributed by atoms with E-state index in [1.807, 2.05) is 6.92 Å². The number of carbonyl (C=O) groups excluding carboxylic acids is 5. The number of amides is 5. The van der Waals surface area contributed by atoms with Crippen molar-refractivity contribution >= 4 is 29.5 Å². The molecule has 0 radical (unpaired) electrons. The molecule has 0 unspecified atom stereocenters. The molecule has 1 aliphatic heterocycles. The van der Waals surface area contributed by atoms with Crippen molar-refractivity contribution in [3.05, 3.63) is 0 Å². The number of rotatable bonds is 12. The topological polar surface area (TPSA) is 211 Å². The first-order valence-corrected chi connectivity index (χ1v) is 10.4. The van der Waals surface area contributed by atoms with Gasteiger partial charge in [0.15, 0.2) is 0 Å². The normalized spacial score (nSPS) is 19.7. The molecule has 1 heterocycles. The number of likely N-dealkylation sites (tertiary alicyclic amines) is 1. The Morgan fingerprint density at radius 1 is 1.16 bits per heavy atom. The van der Waals surface area contributed by atoms with Gasteiger partial charge in [-0.2, -0.15) is 0 Å². The zero-order valence-corrected chi connectivity index (χ0v) is 18.0. The minimum atomic E-state index is -1.12. The summed E-state index contributed by atoms with van der Waals surface area (Å²) in [5, 5.41) is 14.3. The molecule has 0 aromatic rings. The highest BCUT2D eigenvalue weighted by atomic mass is 16.3. The van der Waals surface area contributed by atoms with Gasteiger partial charge < -0.3 is 37.8 Å². The fraction of sp³-hybridized carbons (Fsp3) is 0.737. The van der Waals surface area contributed by atoms with Crippen molar-refractivity contribution in [2.75, 3.05) is 13.2 Å². The number of aliphatic hydroxyl groups excluding tert-OH is 1. The van der Waals surface area contributed by atoms with Crippen molar-refractivity contribution in [2.45, 2.75) is 70.1 Å². The Balaban J connectivity index is 2.92. The van der Waals surface area contributed by atoms with Gasteiger partial charge in [-0.25, -0.2) is 0 Å². The fourth-order valence-corrected chi connectivity index (χ4v) is 3.38. The van der Waals surface area contributed by atoms with E-state index in [1.54, 1.807) is 6.92 Å². The van der Waals surface area contributed by atoms with E-state index in [0.717, 1.165) is 0 Å². The average molecular weight is 443 g/mol. The molecule has 12 heteroatoms. The van der Waals surface area contributed by atoms with Crippen LogP contribution in [0.15, 0.2) is 0 Å². The second-order valence-electron chi connectivity index (χ2n) is 7.82. The molecule has 1 aliphatic rings. The van der Waals surface area contributed by atoms with Crippen LogP contribution in [0.5, 0.6) is 0 Å². The number of primary amides is 2. The van der Waals surface area contributed by atoms with Gasteiger partial charge in [-0.15, -0.1) is 0 Å². The summed E-state index contributed by atoms with van der Waals surface area (Å²) in [6.07, 6.45) is 1.33. The van der Waals surface area contributed by atoms with Gasteiger partial charge in [0.1, 0.15) is 24.2 Å². The van der Waals surface area contributed by atoms with E-state index in [-0.39, 0.29) is 18.8 Å². The molecular weight excluding hydrogens is 408 g/mol.